The molecular weight excluding hydrogens is 184 g/mol. The lowest BCUT2D eigenvalue weighted by atomic mass is 10.2. The largest absolute Gasteiger partial charge is 0.478 e. The van der Waals surface area contributed by atoms with Gasteiger partial charge < -0.3 is 14.3 Å². The van der Waals surface area contributed by atoms with Gasteiger partial charge in [0.15, 0.2) is 0 Å². The van der Waals surface area contributed by atoms with Crippen LogP contribution in [0.1, 0.15) is 23.0 Å². The van der Waals surface area contributed by atoms with E-state index < -0.39 is 5.97 Å². The Morgan fingerprint density at radius 1 is 1.71 bits per heavy atom. The standard InChI is InChI=1S/C10H12O4/c1-2-3-5-13-7-9-8(10(11)12)4-6-14-9/h2-4,6H,5,7H2,1H3,(H,11,12). The number of hydrogen-bond acceptors (Lipinski definition) is 3. The van der Waals surface area contributed by atoms with Crippen LogP contribution in [0, 0.1) is 0 Å². The Labute approximate surface area is 81.8 Å². The van der Waals surface area contributed by atoms with Crippen molar-refractivity contribution in [3.05, 3.63) is 35.8 Å². The first kappa shape index (κ1) is 10.5. The first-order chi connectivity index (χ1) is 6.75. The van der Waals surface area contributed by atoms with Crippen LogP contribution in [0.15, 0.2) is 28.9 Å². The number of aromatic carboxylic acids is 1. The summed E-state index contributed by atoms with van der Waals surface area (Å²) in [5, 5.41) is 8.73. The molecule has 14 heavy (non-hydrogen) atoms. The van der Waals surface area contributed by atoms with Gasteiger partial charge in [0.05, 0.1) is 12.9 Å². The van der Waals surface area contributed by atoms with Crippen molar-refractivity contribution in [3.63, 3.8) is 0 Å². The molecule has 0 amide bonds. The number of furan rings is 1. The molecule has 0 atom stereocenters. The number of ether oxygens (including phenoxy) is 1. The van der Waals surface area contributed by atoms with Gasteiger partial charge in [0.25, 0.3) is 0 Å². The molecule has 1 N–H and O–H groups in total. The van der Waals surface area contributed by atoms with Crippen molar-refractivity contribution in [2.45, 2.75) is 13.5 Å². The minimum Gasteiger partial charge on any atom is -0.478 e. The van der Waals surface area contributed by atoms with E-state index in [0.717, 1.165) is 0 Å². The lowest BCUT2D eigenvalue weighted by Gasteiger charge is -1.98. The summed E-state index contributed by atoms with van der Waals surface area (Å²) in [7, 11) is 0. The molecule has 1 heterocycles. The van der Waals surface area contributed by atoms with E-state index in [1.165, 1.54) is 12.3 Å². The molecule has 1 rings (SSSR count). The second-order valence-corrected chi connectivity index (χ2v) is 2.65. The fourth-order valence-electron chi connectivity index (χ4n) is 0.959. The highest BCUT2D eigenvalue weighted by Crippen LogP contribution is 2.11. The Balaban J connectivity index is 2.50. The maximum atomic E-state index is 10.6. The molecule has 0 spiro atoms. The molecule has 0 saturated carbocycles. The molecule has 0 unspecified atom stereocenters. The zero-order valence-corrected chi connectivity index (χ0v) is 7.90. The van der Waals surface area contributed by atoms with Crippen molar-refractivity contribution in [2.75, 3.05) is 6.61 Å². The topological polar surface area (TPSA) is 59.7 Å². The summed E-state index contributed by atoms with van der Waals surface area (Å²) in [6.07, 6.45) is 5.04. The lowest BCUT2D eigenvalue weighted by Crippen LogP contribution is -2.00. The van der Waals surface area contributed by atoms with E-state index in [1.807, 2.05) is 19.1 Å². The monoisotopic (exact) mass is 196 g/mol. The van der Waals surface area contributed by atoms with E-state index in [-0.39, 0.29) is 12.2 Å². The van der Waals surface area contributed by atoms with Crippen molar-refractivity contribution in [2.24, 2.45) is 0 Å². The van der Waals surface area contributed by atoms with Crippen LogP contribution >= 0.6 is 0 Å². The van der Waals surface area contributed by atoms with Crippen LogP contribution in [0.5, 0.6) is 0 Å². The van der Waals surface area contributed by atoms with Crippen LogP contribution in [-0.2, 0) is 11.3 Å². The van der Waals surface area contributed by atoms with Crippen LogP contribution in [0.2, 0.25) is 0 Å². The van der Waals surface area contributed by atoms with Gasteiger partial charge in [-0.05, 0) is 13.0 Å². The molecule has 0 radical (unpaired) electrons. The number of rotatable bonds is 5. The summed E-state index contributed by atoms with van der Waals surface area (Å²) in [6, 6.07) is 1.41. The normalized spacial score (nSPS) is 10.9. The smallest absolute Gasteiger partial charge is 0.339 e. The van der Waals surface area contributed by atoms with Gasteiger partial charge in [-0.2, -0.15) is 0 Å². The highest BCUT2D eigenvalue weighted by Gasteiger charge is 2.12. The Morgan fingerprint density at radius 3 is 3.14 bits per heavy atom. The molecular formula is C10H12O4. The SMILES string of the molecule is CC=CCOCc1occc1C(=O)O. The van der Waals surface area contributed by atoms with Crippen LogP contribution in [0.3, 0.4) is 0 Å². The average Bonchev–Trinajstić information content (AvgIpc) is 2.60. The Kier molecular flexibility index (Phi) is 3.94. The Bertz CT molecular complexity index is 325. The van der Waals surface area contributed by atoms with Gasteiger partial charge in [-0.3, -0.25) is 0 Å². The summed E-state index contributed by atoms with van der Waals surface area (Å²) < 4.78 is 10.1. The molecule has 1 aromatic heterocycles. The minimum absolute atomic E-state index is 0.158. The van der Waals surface area contributed by atoms with Crippen molar-refractivity contribution in [1.29, 1.82) is 0 Å². The molecule has 0 aliphatic heterocycles. The van der Waals surface area contributed by atoms with E-state index in [0.29, 0.717) is 12.4 Å². The summed E-state index contributed by atoms with van der Waals surface area (Å²) >= 11 is 0. The fraction of sp³-hybridized carbons (Fsp3) is 0.300. The molecule has 0 saturated heterocycles. The molecule has 0 aromatic carbocycles. The van der Waals surface area contributed by atoms with Gasteiger partial charge in [0.1, 0.15) is 17.9 Å². The third-order valence-corrected chi connectivity index (χ3v) is 1.66. The van der Waals surface area contributed by atoms with Gasteiger partial charge in [-0.1, -0.05) is 12.2 Å². The van der Waals surface area contributed by atoms with E-state index in [4.69, 9.17) is 14.3 Å². The van der Waals surface area contributed by atoms with Crippen molar-refractivity contribution < 1.29 is 19.1 Å². The summed E-state index contributed by atoms with van der Waals surface area (Å²) in [6.45, 7) is 2.52. The molecule has 76 valence electrons. The number of carbonyl (C=O) groups is 1. The van der Waals surface area contributed by atoms with E-state index in [1.54, 1.807) is 0 Å². The molecule has 1 aromatic rings. The van der Waals surface area contributed by atoms with Gasteiger partial charge in [-0.15, -0.1) is 0 Å². The Hall–Kier alpha value is -1.55. The van der Waals surface area contributed by atoms with Gasteiger partial charge in [0, 0.05) is 0 Å². The van der Waals surface area contributed by atoms with Gasteiger partial charge >= 0.3 is 5.97 Å². The predicted molar refractivity (Wildman–Crippen MR) is 50.1 cm³/mol. The number of allylic oxidation sites excluding steroid dienone is 1. The molecule has 0 bridgehead atoms. The molecule has 0 aliphatic carbocycles. The van der Waals surface area contributed by atoms with Crippen molar-refractivity contribution >= 4 is 5.97 Å². The van der Waals surface area contributed by atoms with Crippen LogP contribution in [0.4, 0.5) is 0 Å². The third-order valence-electron chi connectivity index (χ3n) is 1.66. The number of carboxylic acid groups (broad SMARTS) is 1. The maximum Gasteiger partial charge on any atom is 0.339 e. The quantitative estimate of drug-likeness (QED) is 0.578. The second kappa shape index (κ2) is 5.24. The fourth-order valence-corrected chi connectivity index (χ4v) is 0.959. The second-order valence-electron chi connectivity index (χ2n) is 2.65. The van der Waals surface area contributed by atoms with Crippen molar-refractivity contribution in [3.8, 4) is 0 Å². The minimum atomic E-state index is -0.997. The number of hydrogen-bond donors (Lipinski definition) is 1. The number of carboxylic acids is 1. The van der Waals surface area contributed by atoms with E-state index in [2.05, 4.69) is 0 Å². The van der Waals surface area contributed by atoms with Crippen molar-refractivity contribution in [1.82, 2.24) is 0 Å². The highest BCUT2D eigenvalue weighted by molar-refractivity contribution is 5.88. The van der Waals surface area contributed by atoms with E-state index in [9.17, 15) is 4.79 Å². The third kappa shape index (κ3) is 2.74. The van der Waals surface area contributed by atoms with Crippen LogP contribution in [-0.4, -0.2) is 17.7 Å². The van der Waals surface area contributed by atoms with E-state index >= 15 is 0 Å². The lowest BCUT2D eigenvalue weighted by molar-refractivity contribution is 0.0685. The molecule has 4 heteroatoms. The zero-order chi connectivity index (χ0) is 10.4. The zero-order valence-electron chi connectivity index (χ0n) is 7.90. The Morgan fingerprint density at radius 2 is 2.50 bits per heavy atom. The summed E-state index contributed by atoms with van der Waals surface area (Å²) in [4.78, 5) is 10.6. The van der Waals surface area contributed by atoms with Gasteiger partial charge in [0.2, 0.25) is 0 Å². The van der Waals surface area contributed by atoms with Gasteiger partial charge in [-0.25, -0.2) is 4.79 Å². The first-order valence-corrected chi connectivity index (χ1v) is 4.24. The molecule has 0 aliphatic rings. The highest BCUT2D eigenvalue weighted by atomic mass is 16.5. The van der Waals surface area contributed by atoms with Crippen LogP contribution in [0.25, 0.3) is 0 Å². The molecule has 4 nitrogen and oxygen atoms in total. The average molecular weight is 196 g/mol. The predicted octanol–water partition coefficient (Wildman–Crippen LogP) is 2.07. The summed E-state index contributed by atoms with van der Waals surface area (Å²) in [5.41, 5.74) is 0.158. The molecule has 0 fully saturated rings. The summed E-state index contributed by atoms with van der Waals surface area (Å²) in [5.74, 6) is -0.648. The first-order valence-electron chi connectivity index (χ1n) is 4.24. The van der Waals surface area contributed by atoms with Crippen LogP contribution < -0.4 is 0 Å². The maximum absolute atomic E-state index is 10.6.